The third kappa shape index (κ3) is 2.88. The van der Waals surface area contributed by atoms with Gasteiger partial charge < -0.3 is 0 Å². The maximum Gasteiger partial charge on any atom is 0.171 e. The van der Waals surface area contributed by atoms with E-state index in [4.69, 9.17) is 0 Å². The average molecular weight is 236 g/mol. The van der Waals surface area contributed by atoms with Crippen LogP contribution in [0, 0.1) is 0 Å². The van der Waals surface area contributed by atoms with Crippen molar-refractivity contribution >= 4 is 15.8 Å². The molecule has 0 unspecified atom stereocenters. The van der Waals surface area contributed by atoms with Crippen molar-refractivity contribution in [2.75, 3.05) is 23.5 Å². The summed E-state index contributed by atoms with van der Waals surface area (Å²) in [4.78, 5) is 12.1. The molecular formula is C14H20OS. The molecule has 1 saturated heterocycles. The molecule has 1 fully saturated rings. The van der Waals surface area contributed by atoms with E-state index >= 15 is 0 Å². The summed E-state index contributed by atoms with van der Waals surface area (Å²) in [6, 6.07) is 9.74. The van der Waals surface area contributed by atoms with Gasteiger partial charge in [0.05, 0.1) is 0 Å². The van der Waals surface area contributed by atoms with Gasteiger partial charge in [0, 0.05) is 11.3 Å². The van der Waals surface area contributed by atoms with Crippen LogP contribution in [-0.4, -0.2) is 29.3 Å². The van der Waals surface area contributed by atoms with E-state index in [0.717, 1.165) is 11.3 Å². The normalized spacial score (nSPS) is 21.3. The summed E-state index contributed by atoms with van der Waals surface area (Å²) >= 11 is 0. The first-order valence-corrected chi connectivity index (χ1v) is 8.54. The zero-order valence-corrected chi connectivity index (χ0v) is 10.8. The van der Waals surface area contributed by atoms with Gasteiger partial charge in [0.25, 0.3) is 0 Å². The molecule has 0 aliphatic carbocycles. The third-order valence-electron chi connectivity index (χ3n) is 3.35. The molecule has 0 radical (unpaired) electrons. The maximum absolute atomic E-state index is 12.1. The lowest BCUT2D eigenvalue weighted by molar-refractivity contribution is 0.102. The van der Waals surface area contributed by atoms with Crippen LogP contribution in [0.4, 0.5) is 0 Å². The molecule has 1 heterocycles. The Hall–Kier alpha value is -0.760. The fourth-order valence-electron chi connectivity index (χ4n) is 2.35. The van der Waals surface area contributed by atoms with Crippen molar-refractivity contribution in [1.82, 2.24) is 0 Å². The number of carbonyl (C=O) groups is 1. The van der Waals surface area contributed by atoms with Gasteiger partial charge in [0.15, 0.2) is 5.78 Å². The quantitative estimate of drug-likeness (QED) is 0.734. The van der Waals surface area contributed by atoms with Gasteiger partial charge in [-0.15, -0.1) is 0 Å². The molecule has 2 heteroatoms. The molecule has 2 rings (SSSR count). The van der Waals surface area contributed by atoms with E-state index in [1.54, 1.807) is 0 Å². The van der Waals surface area contributed by atoms with Gasteiger partial charge in [-0.3, -0.25) is 4.79 Å². The number of rotatable bonds is 3. The van der Waals surface area contributed by atoms with Gasteiger partial charge in [-0.25, -0.2) is 10.0 Å². The van der Waals surface area contributed by atoms with E-state index in [1.165, 1.54) is 30.8 Å². The Morgan fingerprint density at radius 1 is 1.12 bits per heavy atom. The van der Waals surface area contributed by atoms with Gasteiger partial charge >= 0.3 is 0 Å². The molecule has 1 aromatic carbocycles. The van der Waals surface area contributed by atoms with Crippen LogP contribution in [0.5, 0.6) is 0 Å². The molecule has 0 aromatic heterocycles. The van der Waals surface area contributed by atoms with Gasteiger partial charge in [0.1, 0.15) is 0 Å². The lowest BCUT2D eigenvalue weighted by Gasteiger charge is -2.38. The highest BCUT2D eigenvalue weighted by molar-refractivity contribution is 8.33. The first kappa shape index (κ1) is 11.7. The Morgan fingerprint density at radius 2 is 1.75 bits per heavy atom. The van der Waals surface area contributed by atoms with E-state index in [9.17, 15) is 4.79 Å². The second kappa shape index (κ2) is 5.05. The van der Waals surface area contributed by atoms with Crippen LogP contribution in [0.3, 0.4) is 0 Å². The van der Waals surface area contributed by atoms with Gasteiger partial charge in [-0.05, 0) is 30.6 Å². The zero-order valence-electron chi connectivity index (χ0n) is 9.95. The van der Waals surface area contributed by atoms with Gasteiger partial charge in [0.2, 0.25) is 0 Å². The molecule has 0 saturated carbocycles. The Balaban J connectivity index is 2.01. The Morgan fingerprint density at radius 3 is 2.38 bits per heavy atom. The summed E-state index contributed by atoms with van der Waals surface area (Å²) in [7, 11) is -0.637. The Bertz CT molecular complexity index is 352. The maximum atomic E-state index is 12.1. The van der Waals surface area contributed by atoms with Crippen LogP contribution in [0.1, 0.15) is 29.6 Å². The molecular weight excluding hydrogens is 216 g/mol. The lowest BCUT2D eigenvalue weighted by atomic mass is 10.2. The molecule has 0 atom stereocenters. The predicted molar refractivity (Wildman–Crippen MR) is 72.7 cm³/mol. The van der Waals surface area contributed by atoms with Crippen molar-refractivity contribution in [3.8, 4) is 0 Å². The van der Waals surface area contributed by atoms with Crippen LogP contribution in [-0.2, 0) is 0 Å². The smallest absolute Gasteiger partial charge is 0.171 e. The van der Waals surface area contributed by atoms with Crippen LogP contribution >= 0.6 is 10.0 Å². The molecule has 0 spiro atoms. The molecule has 16 heavy (non-hydrogen) atoms. The Labute approximate surface area is 99.6 Å². The predicted octanol–water partition coefficient (Wildman–Crippen LogP) is 3.49. The fourth-order valence-corrected chi connectivity index (χ4v) is 5.44. The number of Topliss-reactive ketones (excluding diaryl/α,β-unsaturated/α-hetero) is 1. The van der Waals surface area contributed by atoms with Crippen LogP contribution in [0.2, 0.25) is 0 Å². The molecule has 0 amide bonds. The van der Waals surface area contributed by atoms with Crippen LogP contribution in [0.25, 0.3) is 0 Å². The second-order valence-electron chi connectivity index (χ2n) is 4.88. The number of hydrogen-bond acceptors (Lipinski definition) is 1. The monoisotopic (exact) mass is 236 g/mol. The lowest BCUT2D eigenvalue weighted by Crippen LogP contribution is -2.21. The van der Waals surface area contributed by atoms with Crippen molar-refractivity contribution in [2.45, 2.75) is 19.3 Å². The van der Waals surface area contributed by atoms with Crippen LogP contribution < -0.4 is 0 Å². The van der Waals surface area contributed by atoms with Crippen molar-refractivity contribution in [3.63, 3.8) is 0 Å². The third-order valence-corrected chi connectivity index (χ3v) is 6.86. The SMILES string of the molecule is CS1(CC(=O)c2ccccc2)CCCCC1. The first-order valence-electron chi connectivity index (χ1n) is 5.99. The highest BCUT2D eigenvalue weighted by Gasteiger charge is 2.24. The van der Waals surface area contributed by atoms with E-state index in [-0.39, 0.29) is 0 Å². The summed E-state index contributed by atoms with van der Waals surface area (Å²) in [5, 5.41) is 0. The van der Waals surface area contributed by atoms with Crippen molar-refractivity contribution in [3.05, 3.63) is 35.9 Å². The topological polar surface area (TPSA) is 17.1 Å². The molecule has 1 aromatic rings. The van der Waals surface area contributed by atoms with Crippen molar-refractivity contribution in [2.24, 2.45) is 0 Å². The molecule has 88 valence electrons. The minimum atomic E-state index is -0.637. The van der Waals surface area contributed by atoms with E-state index < -0.39 is 10.0 Å². The highest BCUT2D eigenvalue weighted by Crippen LogP contribution is 2.48. The minimum Gasteiger partial charge on any atom is -0.293 e. The molecule has 1 aliphatic heterocycles. The number of benzene rings is 1. The zero-order chi connectivity index (χ0) is 11.4. The molecule has 1 nitrogen and oxygen atoms in total. The second-order valence-corrected chi connectivity index (χ2v) is 8.94. The van der Waals surface area contributed by atoms with E-state index in [0.29, 0.717) is 5.78 Å². The van der Waals surface area contributed by atoms with E-state index in [1.807, 2.05) is 30.3 Å². The van der Waals surface area contributed by atoms with Crippen molar-refractivity contribution in [1.29, 1.82) is 0 Å². The molecule has 0 bridgehead atoms. The number of hydrogen-bond donors (Lipinski definition) is 0. The van der Waals surface area contributed by atoms with Crippen LogP contribution in [0.15, 0.2) is 30.3 Å². The molecule has 0 N–H and O–H groups in total. The van der Waals surface area contributed by atoms with Crippen molar-refractivity contribution < 1.29 is 4.79 Å². The van der Waals surface area contributed by atoms with E-state index in [2.05, 4.69) is 6.26 Å². The Kier molecular flexibility index (Phi) is 3.70. The number of carbonyl (C=O) groups excluding carboxylic acids is 1. The summed E-state index contributed by atoms with van der Waals surface area (Å²) < 4.78 is 0. The largest absolute Gasteiger partial charge is 0.293 e. The summed E-state index contributed by atoms with van der Waals surface area (Å²) in [5.41, 5.74) is 0.891. The summed E-state index contributed by atoms with van der Waals surface area (Å²) in [6.07, 6.45) is 6.37. The highest BCUT2D eigenvalue weighted by atomic mass is 32.3. The summed E-state index contributed by atoms with van der Waals surface area (Å²) in [5.74, 6) is 3.74. The minimum absolute atomic E-state index is 0.347. The summed E-state index contributed by atoms with van der Waals surface area (Å²) in [6.45, 7) is 0. The fraction of sp³-hybridized carbons (Fsp3) is 0.500. The number of ketones is 1. The standard InChI is InChI=1S/C14H20OS/c1-16(10-6-3-7-11-16)12-14(15)13-8-4-2-5-9-13/h2,4-5,8-9H,3,6-7,10-12H2,1H3. The molecule has 1 aliphatic rings. The average Bonchev–Trinajstić information content (AvgIpc) is 2.30. The first-order chi connectivity index (χ1) is 7.70. The van der Waals surface area contributed by atoms with Gasteiger partial charge in [-0.1, -0.05) is 36.8 Å². The van der Waals surface area contributed by atoms with Gasteiger partial charge in [-0.2, -0.15) is 0 Å².